The molecule has 2 aliphatic rings. The zero-order valence-electron chi connectivity index (χ0n) is 15.1. The predicted octanol–water partition coefficient (Wildman–Crippen LogP) is 1.90. The summed E-state index contributed by atoms with van der Waals surface area (Å²) in [7, 11) is -3.37. The van der Waals surface area contributed by atoms with Crippen LogP contribution in [0.2, 0.25) is 0 Å². The van der Waals surface area contributed by atoms with Crippen molar-refractivity contribution in [3.05, 3.63) is 29.8 Å². The minimum atomic E-state index is -3.37. The van der Waals surface area contributed by atoms with Gasteiger partial charge in [-0.2, -0.15) is 4.31 Å². The van der Waals surface area contributed by atoms with Gasteiger partial charge in [0, 0.05) is 31.6 Å². The van der Waals surface area contributed by atoms with Crippen LogP contribution in [0.5, 0.6) is 0 Å². The quantitative estimate of drug-likeness (QED) is 0.789. The minimum Gasteiger partial charge on any atom is -0.352 e. The van der Waals surface area contributed by atoms with Crippen molar-refractivity contribution in [2.75, 3.05) is 19.6 Å². The molecule has 146 valence electrons. The Bertz CT molecular complexity index is 703. The van der Waals surface area contributed by atoms with Crippen LogP contribution in [0.15, 0.2) is 29.2 Å². The third-order valence-electron chi connectivity index (χ3n) is 5.09. The molecule has 2 saturated heterocycles. The molecule has 0 aromatic heterocycles. The molecule has 0 saturated carbocycles. The Morgan fingerprint density at radius 1 is 1.23 bits per heavy atom. The van der Waals surface area contributed by atoms with Crippen molar-refractivity contribution in [2.45, 2.75) is 50.1 Å². The lowest BCUT2D eigenvalue weighted by Gasteiger charge is -2.27. The number of halogens is 1. The molecule has 6 nitrogen and oxygen atoms in total. The Hall–Kier alpha value is -1.15. The SMILES string of the molecule is C[C@H]1C[C@@H](C(=O)NCc2ccc(S(=O)(=O)N3CCCC3)cc2)CCN1.Cl. The Kier molecular flexibility index (Phi) is 7.46. The fraction of sp³-hybridized carbons (Fsp3) is 0.611. The molecule has 26 heavy (non-hydrogen) atoms. The van der Waals surface area contributed by atoms with Crippen molar-refractivity contribution in [3.63, 3.8) is 0 Å². The molecule has 1 aromatic rings. The van der Waals surface area contributed by atoms with Crippen molar-refractivity contribution < 1.29 is 13.2 Å². The van der Waals surface area contributed by atoms with Crippen LogP contribution in [-0.2, 0) is 21.4 Å². The van der Waals surface area contributed by atoms with Crippen LogP contribution in [-0.4, -0.2) is 44.3 Å². The van der Waals surface area contributed by atoms with Gasteiger partial charge in [0.05, 0.1) is 4.90 Å². The van der Waals surface area contributed by atoms with E-state index in [1.807, 2.05) is 0 Å². The second kappa shape index (κ2) is 9.17. The number of piperidine rings is 1. The number of hydrogen-bond acceptors (Lipinski definition) is 4. The first-order valence-corrected chi connectivity index (χ1v) is 10.5. The number of nitrogens with zero attached hydrogens (tertiary/aromatic N) is 1. The van der Waals surface area contributed by atoms with Gasteiger partial charge >= 0.3 is 0 Å². The van der Waals surface area contributed by atoms with Gasteiger partial charge in [-0.25, -0.2) is 8.42 Å². The van der Waals surface area contributed by atoms with Crippen LogP contribution >= 0.6 is 12.4 Å². The first kappa shape index (κ1) is 21.2. The molecule has 2 heterocycles. The summed E-state index contributed by atoms with van der Waals surface area (Å²) in [6.45, 7) is 4.62. The summed E-state index contributed by atoms with van der Waals surface area (Å²) in [5.74, 6) is 0.146. The zero-order valence-corrected chi connectivity index (χ0v) is 16.7. The van der Waals surface area contributed by atoms with E-state index < -0.39 is 10.0 Å². The summed E-state index contributed by atoms with van der Waals surface area (Å²) >= 11 is 0. The molecule has 8 heteroatoms. The van der Waals surface area contributed by atoms with Gasteiger partial charge in [-0.05, 0) is 56.8 Å². The molecule has 3 rings (SSSR count). The van der Waals surface area contributed by atoms with Crippen molar-refractivity contribution in [2.24, 2.45) is 5.92 Å². The highest BCUT2D eigenvalue weighted by molar-refractivity contribution is 7.89. The number of rotatable bonds is 5. The lowest BCUT2D eigenvalue weighted by Crippen LogP contribution is -2.42. The van der Waals surface area contributed by atoms with Gasteiger partial charge in [-0.1, -0.05) is 12.1 Å². The van der Waals surface area contributed by atoms with E-state index in [0.717, 1.165) is 37.8 Å². The molecule has 1 amide bonds. The smallest absolute Gasteiger partial charge is 0.243 e. The predicted molar refractivity (Wildman–Crippen MR) is 104 cm³/mol. The van der Waals surface area contributed by atoms with Crippen molar-refractivity contribution in [3.8, 4) is 0 Å². The molecular formula is C18H28ClN3O3S. The van der Waals surface area contributed by atoms with E-state index in [1.54, 1.807) is 28.6 Å². The Labute approximate surface area is 162 Å². The second-order valence-corrected chi connectivity index (χ2v) is 8.99. The highest BCUT2D eigenvalue weighted by Gasteiger charge is 2.27. The third kappa shape index (κ3) is 4.97. The van der Waals surface area contributed by atoms with E-state index in [1.165, 1.54) is 0 Å². The number of hydrogen-bond donors (Lipinski definition) is 2. The number of amides is 1. The maximum Gasteiger partial charge on any atom is 0.243 e. The van der Waals surface area contributed by atoms with E-state index in [-0.39, 0.29) is 24.2 Å². The van der Waals surface area contributed by atoms with Crippen LogP contribution < -0.4 is 10.6 Å². The summed E-state index contributed by atoms with van der Waals surface area (Å²) in [6.07, 6.45) is 3.58. The van der Waals surface area contributed by atoms with Gasteiger partial charge in [0.2, 0.25) is 15.9 Å². The van der Waals surface area contributed by atoms with Gasteiger partial charge < -0.3 is 10.6 Å². The molecule has 2 fully saturated rings. The van der Waals surface area contributed by atoms with Gasteiger partial charge in [0.1, 0.15) is 0 Å². The monoisotopic (exact) mass is 401 g/mol. The highest BCUT2D eigenvalue weighted by atomic mass is 35.5. The van der Waals surface area contributed by atoms with Crippen LogP contribution in [0.25, 0.3) is 0 Å². The molecule has 2 aliphatic heterocycles. The van der Waals surface area contributed by atoms with Gasteiger partial charge in [0.25, 0.3) is 0 Å². The third-order valence-corrected chi connectivity index (χ3v) is 7.00. The van der Waals surface area contributed by atoms with Crippen LogP contribution in [0.3, 0.4) is 0 Å². The number of benzene rings is 1. The van der Waals surface area contributed by atoms with Crippen molar-refractivity contribution in [1.82, 2.24) is 14.9 Å². The van der Waals surface area contributed by atoms with Crippen molar-refractivity contribution in [1.29, 1.82) is 0 Å². The van der Waals surface area contributed by atoms with Gasteiger partial charge in [-0.3, -0.25) is 4.79 Å². The lowest BCUT2D eigenvalue weighted by atomic mass is 9.92. The van der Waals surface area contributed by atoms with E-state index in [0.29, 0.717) is 30.6 Å². The average molecular weight is 402 g/mol. The van der Waals surface area contributed by atoms with Crippen LogP contribution in [0.1, 0.15) is 38.2 Å². The summed E-state index contributed by atoms with van der Waals surface area (Å²) in [4.78, 5) is 12.6. The normalized spacial score (nSPS) is 24.0. The number of sulfonamides is 1. The molecular weight excluding hydrogens is 374 g/mol. The second-order valence-electron chi connectivity index (χ2n) is 7.05. The molecule has 0 spiro atoms. The minimum absolute atomic E-state index is 0. The largest absolute Gasteiger partial charge is 0.352 e. The fourth-order valence-corrected chi connectivity index (χ4v) is 5.08. The maximum atomic E-state index is 12.5. The summed E-state index contributed by atoms with van der Waals surface area (Å²) in [6, 6.07) is 7.23. The molecule has 0 radical (unpaired) electrons. The summed E-state index contributed by atoms with van der Waals surface area (Å²) in [5.41, 5.74) is 0.913. The number of nitrogens with one attached hydrogen (secondary N) is 2. The number of carbonyl (C=O) groups excluding carboxylic acids is 1. The first-order valence-electron chi connectivity index (χ1n) is 9.07. The van der Waals surface area contributed by atoms with E-state index in [2.05, 4.69) is 17.6 Å². The Balaban J connectivity index is 0.00000243. The van der Waals surface area contributed by atoms with Crippen LogP contribution in [0.4, 0.5) is 0 Å². The molecule has 2 N–H and O–H groups in total. The van der Waals surface area contributed by atoms with E-state index >= 15 is 0 Å². The summed E-state index contributed by atoms with van der Waals surface area (Å²) in [5, 5.41) is 6.32. The standard InChI is InChI=1S/C18H27N3O3S.ClH/c1-14-12-16(8-9-19-14)18(22)20-13-15-4-6-17(7-5-15)25(23,24)21-10-2-3-11-21;/h4-7,14,16,19H,2-3,8-13H2,1H3,(H,20,22);1H/t14-,16-;/m0./s1. The van der Waals surface area contributed by atoms with Crippen molar-refractivity contribution >= 4 is 28.3 Å². The molecule has 2 atom stereocenters. The Morgan fingerprint density at radius 3 is 2.50 bits per heavy atom. The first-order chi connectivity index (χ1) is 12.0. The lowest BCUT2D eigenvalue weighted by molar-refractivity contribution is -0.126. The van der Waals surface area contributed by atoms with E-state index in [9.17, 15) is 13.2 Å². The topological polar surface area (TPSA) is 78.5 Å². The molecule has 0 unspecified atom stereocenters. The average Bonchev–Trinajstić information content (AvgIpc) is 3.15. The Morgan fingerprint density at radius 2 is 1.88 bits per heavy atom. The van der Waals surface area contributed by atoms with E-state index in [4.69, 9.17) is 0 Å². The van der Waals surface area contributed by atoms with Gasteiger partial charge in [-0.15, -0.1) is 12.4 Å². The molecule has 1 aromatic carbocycles. The fourth-order valence-electron chi connectivity index (χ4n) is 3.56. The van der Waals surface area contributed by atoms with Gasteiger partial charge in [0.15, 0.2) is 0 Å². The molecule has 0 bridgehead atoms. The van der Waals surface area contributed by atoms with Crippen LogP contribution in [0, 0.1) is 5.92 Å². The highest BCUT2D eigenvalue weighted by Crippen LogP contribution is 2.21. The zero-order chi connectivity index (χ0) is 17.9. The molecule has 0 aliphatic carbocycles. The maximum absolute atomic E-state index is 12.5. The number of carbonyl (C=O) groups is 1. The summed E-state index contributed by atoms with van der Waals surface area (Å²) < 4.78 is 26.5.